The van der Waals surface area contributed by atoms with E-state index in [2.05, 4.69) is 47.5 Å². The Balaban J connectivity index is 2.96. The second kappa shape index (κ2) is 41.4. The summed E-state index contributed by atoms with van der Waals surface area (Å²) < 4.78 is 21.1. The molecule has 1 heterocycles. The van der Waals surface area contributed by atoms with Crippen molar-refractivity contribution in [3.63, 3.8) is 0 Å². The van der Waals surface area contributed by atoms with Gasteiger partial charge < -0.3 is 83.2 Å². The van der Waals surface area contributed by atoms with Crippen LogP contribution in [-0.2, 0) is 67.0 Å². The Bertz CT molecular complexity index is 2220. The Labute approximate surface area is 503 Å². The minimum Gasteiger partial charge on any atom is -0.478 e. The number of pyridine rings is 1. The molecule has 0 aliphatic carbocycles. The number of primary amides is 2. The molecule has 0 saturated heterocycles. The number of methoxy groups -OCH3 is 2. The molecule has 1 aromatic rings. The van der Waals surface area contributed by atoms with E-state index in [9.17, 15) is 67.7 Å². The van der Waals surface area contributed by atoms with E-state index >= 15 is 0 Å². The first kappa shape index (κ1) is 76.3. The molecule has 0 aromatic carbocycles. The third kappa shape index (κ3) is 29.9. The van der Waals surface area contributed by atoms with Crippen LogP contribution in [-0.4, -0.2) is 175 Å². The quantitative estimate of drug-likeness (QED) is 0.0278. The predicted octanol–water partition coefficient (Wildman–Crippen LogP) is -0.896. The molecule has 29 heteroatoms. The van der Waals surface area contributed by atoms with E-state index in [-0.39, 0.29) is 114 Å². The van der Waals surface area contributed by atoms with E-state index in [0.717, 1.165) is 0 Å². The molecule has 10 amide bonds. The predicted molar refractivity (Wildman–Crippen MR) is 311 cm³/mol. The largest absolute Gasteiger partial charge is 0.478 e. The second-order valence-corrected chi connectivity index (χ2v) is 21.8. The lowest BCUT2D eigenvalue weighted by Crippen LogP contribution is -2.59. The number of aliphatic hydroxyl groups excluding tert-OH is 2. The molecule has 0 spiro atoms. The van der Waals surface area contributed by atoms with E-state index in [1.807, 2.05) is 27.7 Å². The molecule has 486 valence electrons. The molecule has 0 radical (unpaired) electrons. The smallest absolute Gasteiger partial charge is 0.328 e. The van der Waals surface area contributed by atoms with Crippen molar-refractivity contribution in [1.82, 2.24) is 47.5 Å². The fraction of sp³-hybridized carbons (Fsp3) is 0.702. The van der Waals surface area contributed by atoms with Crippen LogP contribution in [0.4, 0.5) is 0 Å². The fourth-order valence-corrected chi connectivity index (χ4v) is 8.45. The number of aromatic nitrogens is 1. The molecule has 10 atom stereocenters. The first-order chi connectivity index (χ1) is 40.6. The molecular formula is C57H95N11O18. The normalized spacial score (nSPS) is 14.6. The number of amides is 10. The lowest BCUT2D eigenvalue weighted by molar-refractivity contribution is -0.146. The highest BCUT2D eigenvalue weighted by Crippen LogP contribution is 2.17. The highest BCUT2D eigenvalue weighted by atomic mass is 16.5. The first-order valence-corrected chi connectivity index (χ1v) is 29.2. The van der Waals surface area contributed by atoms with Gasteiger partial charge in [-0.1, -0.05) is 74.3 Å². The van der Waals surface area contributed by atoms with Gasteiger partial charge in [-0.3, -0.25) is 47.9 Å². The summed E-state index contributed by atoms with van der Waals surface area (Å²) in [6.45, 7) is 13.2. The summed E-state index contributed by atoms with van der Waals surface area (Å²) in [6.07, 6.45) is -0.249. The summed E-state index contributed by atoms with van der Waals surface area (Å²) in [4.78, 5) is 161. The van der Waals surface area contributed by atoms with Crippen LogP contribution in [0.1, 0.15) is 145 Å². The van der Waals surface area contributed by atoms with Gasteiger partial charge in [-0.05, 0) is 75.0 Å². The molecule has 1 aromatic heterocycles. The van der Waals surface area contributed by atoms with Crippen LogP contribution in [0.15, 0.2) is 18.2 Å². The van der Waals surface area contributed by atoms with E-state index in [0.29, 0.717) is 12.8 Å². The molecule has 86 heavy (non-hydrogen) atoms. The number of esters is 2. The van der Waals surface area contributed by atoms with Gasteiger partial charge in [0, 0.05) is 51.0 Å². The molecular weight excluding hydrogens is 1130 g/mol. The van der Waals surface area contributed by atoms with E-state index in [1.165, 1.54) is 26.4 Å². The zero-order valence-electron chi connectivity index (χ0n) is 51.4. The molecule has 1 rings (SSSR count). The summed E-state index contributed by atoms with van der Waals surface area (Å²) in [6, 6.07) is -5.10. The molecule has 0 bridgehead atoms. The number of carbonyl (C=O) groups excluding carboxylic acids is 12. The maximum Gasteiger partial charge on any atom is 0.328 e. The lowest BCUT2D eigenvalue weighted by Gasteiger charge is -2.29. The maximum atomic E-state index is 13.7. The molecule has 0 saturated carbocycles. The van der Waals surface area contributed by atoms with Crippen LogP contribution in [0.3, 0.4) is 0 Å². The molecule has 29 nitrogen and oxygen atoms in total. The van der Waals surface area contributed by atoms with Crippen LogP contribution in [0.2, 0.25) is 0 Å². The van der Waals surface area contributed by atoms with Crippen molar-refractivity contribution in [2.75, 3.05) is 40.6 Å². The average molecular weight is 1220 g/mol. The minimum atomic E-state index is -1.31. The van der Waals surface area contributed by atoms with E-state index in [4.69, 9.17) is 30.4 Å². The number of hydrogen-bond acceptors (Lipinski definition) is 19. The number of nitrogens with one attached hydrogen (secondary N) is 8. The Hall–Kier alpha value is -7.69. The van der Waals surface area contributed by atoms with Gasteiger partial charge in [0.2, 0.25) is 70.8 Å². The number of ether oxygens (including phenoxy) is 4. The van der Waals surface area contributed by atoms with Gasteiger partial charge in [-0.2, -0.15) is 4.98 Å². The van der Waals surface area contributed by atoms with Gasteiger partial charge >= 0.3 is 11.9 Å². The average Bonchev–Trinajstić information content (AvgIpc) is 3.19. The first-order valence-electron chi connectivity index (χ1n) is 29.2. The van der Waals surface area contributed by atoms with Gasteiger partial charge in [0.1, 0.15) is 48.3 Å². The van der Waals surface area contributed by atoms with Gasteiger partial charge in [-0.15, -0.1) is 0 Å². The summed E-state index contributed by atoms with van der Waals surface area (Å²) >= 11 is 0. The van der Waals surface area contributed by atoms with Crippen LogP contribution >= 0.6 is 0 Å². The maximum absolute atomic E-state index is 13.7. The number of nitrogens with zero attached hydrogens (tertiary/aromatic N) is 1. The topological polar surface area (TPSA) is 443 Å². The number of hydrogen-bond donors (Lipinski definition) is 12. The van der Waals surface area contributed by atoms with Crippen molar-refractivity contribution < 1.29 is 86.7 Å². The van der Waals surface area contributed by atoms with E-state index < -0.39 is 144 Å². The molecule has 14 N–H and O–H groups in total. The van der Waals surface area contributed by atoms with E-state index in [1.54, 1.807) is 33.8 Å². The van der Waals surface area contributed by atoms with Crippen molar-refractivity contribution in [3.8, 4) is 11.8 Å². The highest BCUT2D eigenvalue weighted by molar-refractivity contribution is 5.97. The van der Waals surface area contributed by atoms with Crippen molar-refractivity contribution in [2.24, 2.45) is 35.1 Å². The zero-order valence-corrected chi connectivity index (χ0v) is 51.4. The van der Waals surface area contributed by atoms with Crippen molar-refractivity contribution in [1.29, 1.82) is 0 Å². The van der Waals surface area contributed by atoms with Gasteiger partial charge in [0.25, 0.3) is 0 Å². The summed E-state index contributed by atoms with van der Waals surface area (Å²) in [5, 5.41) is 40.2. The third-order valence-electron chi connectivity index (χ3n) is 13.7. The molecule has 0 fully saturated rings. The minimum absolute atomic E-state index is 0.0106. The summed E-state index contributed by atoms with van der Waals surface area (Å²) in [5.41, 5.74) is 10.8. The molecule has 8 unspecified atom stereocenters. The van der Waals surface area contributed by atoms with Crippen molar-refractivity contribution in [3.05, 3.63) is 18.2 Å². The Kier molecular flexibility index (Phi) is 36.7. The number of carbonyl (C=O) groups is 12. The summed E-state index contributed by atoms with van der Waals surface area (Å²) in [5.74, 6) is -9.56. The molecule has 0 aliphatic rings. The number of nitrogens with two attached hydrogens (primary N) is 2. The zero-order chi connectivity index (χ0) is 65.1. The van der Waals surface area contributed by atoms with Crippen LogP contribution in [0.25, 0.3) is 0 Å². The standard InChI is InChI=1S/C57H95N11O18/c1-11-34(7)48(54(79)62-38(24-26-69)50(75)64-40(30-32(3)4)56(81)83-9)67-52(77)36(20-22-42(58)71)60-44(73)16-14-28-85-46-18-13-19-47(66-46)86-29-15-17-45(74)61-37(21-23-43(59)72)53(78)68-49(35(8)12-2)55(80)63-39(25-27-70)51(76)65-41(31-33(5)6)57(82)84-10/h13,18-19,32-41,48-49,69-70H,11-12,14-17,20-31H2,1-10H3,(H2,58,71)(H2,59,72)(H,60,73)(H,61,74)(H,62,79)(H,63,80)(H,64,75)(H,65,76)(H,67,77)(H,68,78)/t34?,35?,36?,37?,38?,39?,40-,41-,48?,49?/m0/s1. The van der Waals surface area contributed by atoms with Crippen molar-refractivity contribution in [2.45, 2.75) is 194 Å². The second-order valence-electron chi connectivity index (χ2n) is 21.8. The third-order valence-corrected chi connectivity index (χ3v) is 13.7. The van der Waals surface area contributed by atoms with Gasteiger partial charge in [0.15, 0.2) is 0 Å². The fourth-order valence-electron chi connectivity index (χ4n) is 8.45. The van der Waals surface area contributed by atoms with Crippen LogP contribution in [0.5, 0.6) is 11.8 Å². The van der Waals surface area contributed by atoms with Gasteiger partial charge in [-0.25, -0.2) is 9.59 Å². The number of rotatable bonds is 44. The van der Waals surface area contributed by atoms with Crippen LogP contribution < -0.4 is 63.5 Å². The Morgan fingerprint density at radius 3 is 1.09 bits per heavy atom. The monoisotopic (exact) mass is 1220 g/mol. The SMILES string of the molecule is CCC(C)C(NC(=O)C(CCC(N)=O)NC(=O)CCCOc1cccc(OCCCC(=O)NC(CCC(N)=O)C(=O)NC(C(=O)NC(CCO)C(=O)N[C@@H](CC(C)C)C(=O)OC)C(C)CC)n1)C(=O)NC(CCO)C(=O)N[C@@H](CC(C)C)C(=O)OC. The highest BCUT2D eigenvalue weighted by Gasteiger charge is 2.36. The van der Waals surface area contributed by atoms with Crippen LogP contribution in [0, 0.1) is 23.7 Å². The number of aliphatic hydroxyl groups is 2. The van der Waals surface area contributed by atoms with Crippen molar-refractivity contribution >= 4 is 71.0 Å². The molecule has 0 aliphatic heterocycles. The Morgan fingerprint density at radius 1 is 0.465 bits per heavy atom. The van der Waals surface area contributed by atoms with Gasteiger partial charge in [0.05, 0.1) is 27.4 Å². The lowest BCUT2D eigenvalue weighted by atomic mass is 9.96. The summed E-state index contributed by atoms with van der Waals surface area (Å²) in [7, 11) is 2.35. The Morgan fingerprint density at radius 2 is 0.791 bits per heavy atom.